The van der Waals surface area contributed by atoms with Crippen molar-refractivity contribution in [1.82, 2.24) is 14.3 Å². The van der Waals surface area contributed by atoms with Crippen LogP contribution in [0, 0.1) is 0 Å². The van der Waals surface area contributed by atoms with E-state index in [0.29, 0.717) is 16.9 Å². The first-order chi connectivity index (χ1) is 16.4. The monoisotopic (exact) mass is 483 g/mol. The van der Waals surface area contributed by atoms with Crippen molar-refractivity contribution in [1.29, 1.82) is 0 Å². The Bertz CT molecular complexity index is 1260. The molecule has 6 nitrogen and oxygen atoms in total. The van der Waals surface area contributed by atoms with E-state index < -0.39 is 6.61 Å². The molecule has 2 aromatic carbocycles. The molecule has 34 heavy (non-hydrogen) atoms. The highest BCUT2D eigenvalue weighted by molar-refractivity contribution is 7.98. The van der Waals surface area contributed by atoms with Gasteiger partial charge in [-0.2, -0.15) is 8.78 Å². The number of amides is 1. The topological polar surface area (TPSA) is 56.1 Å². The summed E-state index contributed by atoms with van der Waals surface area (Å²) in [4.78, 5) is 20.2. The van der Waals surface area contributed by atoms with Gasteiger partial charge in [0.15, 0.2) is 11.5 Å². The third-order valence-electron chi connectivity index (χ3n) is 5.12. The number of carbonyl (C=O) groups excluding carboxylic acids is 1. The first kappa shape index (κ1) is 23.6. The van der Waals surface area contributed by atoms with Gasteiger partial charge in [-0.1, -0.05) is 24.3 Å². The van der Waals surface area contributed by atoms with E-state index in [-0.39, 0.29) is 24.0 Å². The van der Waals surface area contributed by atoms with Crippen molar-refractivity contribution in [2.75, 3.05) is 14.2 Å². The molecule has 2 heterocycles. The van der Waals surface area contributed by atoms with Crippen molar-refractivity contribution in [3.05, 3.63) is 89.9 Å². The molecule has 0 saturated carbocycles. The second kappa shape index (κ2) is 10.6. The van der Waals surface area contributed by atoms with Crippen LogP contribution in [-0.4, -0.2) is 41.0 Å². The van der Waals surface area contributed by atoms with Crippen LogP contribution in [-0.2, 0) is 12.3 Å². The lowest BCUT2D eigenvalue weighted by Crippen LogP contribution is -2.26. The van der Waals surface area contributed by atoms with E-state index in [2.05, 4.69) is 9.72 Å². The van der Waals surface area contributed by atoms with Crippen LogP contribution >= 0.6 is 11.8 Å². The van der Waals surface area contributed by atoms with Gasteiger partial charge in [-0.05, 0) is 42.0 Å². The number of methoxy groups -OCH3 is 1. The molecule has 0 saturated heterocycles. The summed E-state index contributed by atoms with van der Waals surface area (Å²) in [6.45, 7) is -2.76. The molecule has 0 radical (unpaired) electrons. The molecule has 0 unspecified atom stereocenters. The third kappa shape index (κ3) is 5.48. The average molecular weight is 484 g/mol. The highest BCUT2D eigenvalue weighted by Crippen LogP contribution is 2.31. The number of rotatable bonds is 9. The van der Waals surface area contributed by atoms with E-state index in [0.717, 1.165) is 16.2 Å². The van der Waals surface area contributed by atoms with Crippen molar-refractivity contribution in [2.24, 2.45) is 0 Å². The molecule has 0 spiro atoms. The van der Waals surface area contributed by atoms with Gasteiger partial charge >= 0.3 is 6.61 Å². The minimum absolute atomic E-state index is 0.0701. The van der Waals surface area contributed by atoms with Gasteiger partial charge in [0.2, 0.25) is 0 Å². The number of carbonyl (C=O) groups is 1. The molecular formula is C25H23F2N3O3S. The van der Waals surface area contributed by atoms with E-state index in [4.69, 9.17) is 4.74 Å². The van der Waals surface area contributed by atoms with Crippen molar-refractivity contribution in [2.45, 2.75) is 23.8 Å². The third-order valence-corrected chi connectivity index (χ3v) is 6.22. The van der Waals surface area contributed by atoms with Crippen LogP contribution < -0.4 is 9.47 Å². The molecule has 0 bridgehead atoms. The zero-order valence-corrected chi connectivity index (χ0v) is 19.5. The predicted molar refractivity (Wildman–Crippen MR) is 127 cm³/mol. The fraction of sp³-hybridized carbons (Fsp3) is 0.200. The molecule has 9 heteroatoms. The van der Waals surface area contributed by atoms with Gasteiger partial charge in [-0.25, -0.2) is 4.98 Å². The molecule has 0 atom stereocenters. The molecule has 0 aliphatic rings. The number of halogens is 2. The van der Waals surface area contributed by atoms with E-state index in [1.807, 2.05) is 53.2 Å². The molecule has 2 aromatic heterocycles. The number of hydrogen-bond acceptors (Lipinski definition) is 5. The molecule has 4 rings (SSSR count). The summed E-state index contributed by atoms with van der Waals surface area (Å²) in [5.41, 5.74) is 2.99. The van der Waals surface area contributed by atoms with Crippen LogP contribution in [0.3, 0.4) is 0 Å². The Kier molecular flexibility index (Phi) is 7.32. The summed E-state index contributed by atoms with van der Waals surface area (Å²) in [6.07, 6.45) is 3.92. The smallest absolute Gasteiger partial charge is 0.387 e. The molecule has 0 fully saturated rings. The first-order valence-corrected chi connectivity index (χ1v) is 11.4. The van der Waals surface area contributed by atoms with Gasteiger partial charge in [-0.15, -0.1) is 11.8 Å². The maximum absolute atomic E-state index is 13.2. The number of benzene rings is 2. The molecule has 176 valence electrons. The Morgan fingerprint density at radius 1 is 1.12 bits per heavy atom. The average Bonchev–Trinajstić information content (AvgIpc) is 3.25. The number of aromatic nitrogens is 2. The lowest BCUT2D eigenvalue weighted by molar-refractivity contribution is -0.0512. The predicted octanol–water partition coefficient (Wildman–Crippen LogP) is 5.51. The van der Waals surface area contributed by atoms with Crippen molar-refractivity contribution < 1.29 is 23.0 Å². The summed E-state index contributed by atoms with van der Waals surface area (Å²) in [6, 6.07) is 17.9. The number of alkyl halides is 2. The van der Waals surface area contributed by atoms with Crippen molar-refractivity contribution >= 4 is 23.3 Å². The summed E-state index contributed by atoms with van der Waals surface area (Å²) in [7, 11) is 3.05. The van der Waals surface area contributed by atoms with Gasteiger partial charge in [0.1, 0.15) is 5.65 Å². The fourth-order valence-electron chi connectivity index (χ4n) is 3.54. The normalized spacial score (nSPS) is 11.1. The first-order valence-electron chi connectivity index (χ1n) is 10.5. The Morgan fingerprint density at radius 2 is 1.91 bits per heavy atom. The van der Waals surface area contributed by atoms with Crippen LogP contribution in [0.2, 0.25) is 0 Å². The van der Waals surface area contributed by atoms with Crippen LogP contribution in [0.25, 0.3) is 5.65 Å². The van der Waals surface area contributed by atoms with Crippen LogP contribution in [0.5, 0.6) is 11.5 Å². The molecule has 1 amide bonds. The summed E-state index contributed by atoms with van der Waals surface area (Å²) in [5.74, 6) is 0.568. The highest BCUT2D eigenvalue weighted by Gasteiger charge is 2.18. The Hall–Kier alpha value is -3.59. The Morgan fingerprint density at radius 3 is 2.68 bits per heavy atom. The molecule has 4 aromatic rings. The number of nitrogens with zero attached hydrogens (tertiary/aromatic N) is 3. The summed E-state index contributed by atoms with van der Waals surface area (Å²) < 4.78 is 37.0. The lowest BCUT2D eigenvalue weighted by Gasteiger charge is -2.20. The number of hydrogen-bond donors (Lipinski definition) is 0. The quantitative estimate of drug-likeness (QED) is 0.294. The Labute approximate surface area is 200 Å². The highest BCUT2D eigenvalue weighted by atomic mass is 32.2. The van der Waals surface area contributed by atoms with E-state index in [9.17, 15) is 13.6 Å². The van der Waals surface area contributed by atoms with Crippen molar-refractivity contribution in [3.63, 3.8) is 0 Å². The minimum Gasteiger partial charge on any atom is -0.493 e. The SMILES string of the molecule is COc1ccc(CN(C)C(=O)c2ccccc2SCc2cn3ccccc3n2)cc1OC(F)F. The van der Waals surface area contributed by atoms with Gasteiger partial charge < -0.3 is 18.8 Å². The van der Waals surface area contributed by atoms with E-state index in [1.165, 1.54) is 29.8 Å². The van der Waals surface area contributed by atoms with Gasteiger partial charge in [0, 0.05) is 36.6 Å². The molecule has 0 aliphatic carbocycles. The molecule has 0 aliphatic heterocycles. The van der Waals surface area contributed by atoms with Gasteiger partial charge in [-0.3, -0.25) is 4.79 Å². The number of pyridine rings is 1. The van der Waals surface area contributed by atoms with Crippen LogP contribution in [0.15, 0.2) is 78.0 Å². The second-order valence-corrected chi connectivity index (χ2v) is 8.53. The number of imidazole rings is 1. The van der Waals surface area contributed by atoms with Crippen LogP contribution in [0.1, 0.15) is 21.6 Å². The minimum atomic E-state index is -2.97. The summed E-state index contributed by atoms with van der Waals surface area (Å²) in [5, 5.41) is 0. The maximum Gasteiger partial charge on any atom is 0.387 e. The van der Waals surface area contributed by atoms with Crippen molar-refractivity contribution in [3.8, 4) is 11.5 Å². The van der Waals surface area contributed by atoms with E-state index >= 15 is 0 Å². The number of fused-ring (bicyclic) bond motifs is 1. The van der Waals surface area contributed by atoms with Gasteiger partial charge in [0.05, 0.1) is 18.4 Å². The number of thioether (sulfide) groups is 1. The zero-order valence-electron chi connectivity index (χ0n) is 18.7. The fourth-order valence-corrected chi connectivity index (χ4v) is 4.46. The largest absolute Gasteiger partial charge is 0.493 e. The Balaban J connectivity index is 1.47. The van der Waals surface area contributed by atoms with Gasteiger partial charge in [0.25, 0.3) is 5.91 Å². The summed E-state index contributed by atoms with van der Waals surface area (Å²) >= 11 is 1.54. The second-order valence-electron chi connectivity index (χ2n) is 7.51. The zero-order chi connectivity index (χ0) is 24.1. The maximum atomic E-state index is 13.2. The standard InChI is InChI=1S/C25H23F2N3O3S/c1-29(14-17-10-11-20(32-2)21(13-17)33-25(26)27)24(31)19-7-3-4-8-22(19)34-16-18-15-30-12-6-5-9-23(30)28-18/h3-13,15,25H,14,16H2,1-2H3. The lowest BCUT2D eigenvalue weighted by atomic mass is 10.1. The molecular weight excluding hydrogens is 460 g/mol. The van der Waals surface area contributed by atoms with E-state index in [1.54, 1.807) is 25.2 Å². The van der Waals surface area contributed by atoms with Crippen LogP contribution in [0.4, 0.5) is 8.78 Å². The number of ether oxygens (including phenoxy) is 2. The molecule has 0 N–H and O–H groups in total.